The van der Waals surface area contributed by atoms with E-state index in [1.165, 1.54) is 0 Å². The molecule has 3 amide bonds. The van der Waals surface area contributed by atoms with Crippen LogP contribution >= 0.6 is 0 Å². The topological polar surface area (TPSA) is 99.3 Å². The Morgan fingerprint density at radius 1 is 0.722 bits per heavy atom. The van der Waals surface area contributed by atoms with E-state index in [0.29, 0.717) is 31.3 Å². The SMILES string of the molecule is CC(C)CCN[C@H](C(=O)N[C@@H](C)C(=O)N[C@@H](Cc1ccccc1)C(=O)NCC(C)C)c1ccccc1. The van der Waals surface area contributed by atoms with E-state index in [4.69, 9.17) is 0 Å². The summed E-state index contributed by atoms with van der Waals surface area (Å²) in [5.74, 6) is -0.130. The third-order valence-corrected chi connectivity index (χ3v) is 5.82. The van der Waals surface area contributed by atoms with Crippen LogP contribution in [-0.2, 0) is 20.8 Å². The van der Waals surface area contributed by atoms with Crippen LogP contribution < -0.4 is 21.3 Å². The molecule has 0 fully saturated rings. The van der Waals surface area contributed by atoms with Gasteiger partial charge in [-0.2, -0.15) is 0 Å². The molecule has 3 atom stereocenters. The summed E-state index contributed by atoms with van der Waals surface area (Å²) < 4.78 is 0. The maximum atomic E-state index is 13.2. The molecule has 36 heavy (non-hydrogen) atoms. The van der Waals surface area contributed by atoms with Gasteiger partial charge in [-0.1, -0.05) is 88.4 Å². The third-order valence-electron chi connectivity index (χ3n) is 5.82. The van der Waals surface area contributed by atoms with Crippen LogP contribution in [-0.4, -0.2) is 42.9 Å². The minimum absolute atomic E-state index is 0.239. The molecule has 0 aliphatic rings. The lowest BCUT2D eigenvalue weighted by atomic mass is 10.0. The first-order valence-electron chi connectivity index (χ1n) is 12.9. The van der Waals surface area contributed by atoms with Crippen LogP contribution in [0.2, 0.25) is 0 Å². The van der Waals surface area contributed by atoms with Crippen molar-refractivity contribution in [2.45, 2.75) is 65.6 Å². The summed E-state index contributed by atoms with van der Waals surface area (Å²) in [6.07, 6.45) is 1.29. The van der Waals surface area contributed by atoms with Crippen molar-refractivity contribution in [2.75, 3.05) is 13.1 Å². The van der Waals surface area contributed by atoms with Crippen LogP contribution in [0.15, 0.2) is 60.7 Å². The Bertz CT molecular complexity index is 948. The summed E-state index contributed by atoms with van der Waals surface area (Å²) in [6, 6.07) is 16.9. The van der Waals surface area contributed by atoms with Crippen molar-refractivity contribution in [3.05, 3.63) is 71.8 Å². The lowest BCUT2D eigenvalue weighted by molar-refractivity contribution is -0.132. The molecule has 0 aliphatic carbocycles. The van der Waals surface area contributed by atoms with Gasteiger partial charge < -0.3 is 21.3 Å². The lowest BCUT2D eigenvalue weighted by Crippen LogP contribution is -2.54. The number of benzene rings is 2. The molecule has 0 unspecified atom stereocenters. The Morgan fingerprint density at radius 3 is 1.92 bits per heavy atom. The first kappa shape index (κ1) is 29.0. The number of rotatable bonds is 14. The van der Waals surface area contributed by atoms with Gasteiger partial charge in [-0.15, -0.1) is 0 Å². The summed E-state index contributed by atoms with van der Waals surface area (Å²) in [5.41, 5.74) is 1.78. The number of carbonyl (C=O) groups excluding carboxylic acids is 3. The van der Waals surface area contributed by atoms with Gasteiger partial charge in [0.25, 0.3) is 0 Å². The number of carbonyl (C=O) groups is 3. The molecule has 0 spiro atoms. The fraction of sp³-hybridized carbons (Fsp3) is 0.483. The van der Waals surface area contributed by atoms with Crippen molar-refractivity contribution in [2.24, 2.45) is 11.8 Å². The summed E-state index contributed by atoms with van der Waals surface area (Å²) in [4.78, 5) is 39.1. The molecule has 196 valence electrons. The Hall–Kier alpha value is -3.19. The predicted octanol–water partition coefficient (Wildman–Crippen LogP) is 3.37. The van der Waals surface area contributed by atoms with E-state index in [0.717, 1.165) is 17.5 Å². The summed E-state index contributed by atoms with van der Waals surface area (Å²) in [6.45, 7) is 11.1. The Morgan fingerprint density at radius 2 is 1.33 bits per heavy atom. The van der Waals surface area contributed by atoms with Gasteiger partial charge in [-0.3, -0.25) is 14.4 Å². The number of amides is 3. The van der Waals surface area contributed by atoms with Gasteiger partial charge in [0.15, 0.2) is 0 Å². The largest absolute Gasteiger partial charge is 0.354 e. The molecule has 2 rings (SSSR count). The van der Waals surface area contributed by atoms with Crippen LogP contribution in [0.25, 0.3) is 0 Å². The average Bonchev–Trinajstić information content (AvgIpc) is 2.85. The molecule has 7 heteroatoms. The molecule has 0 radical (unpaired) electrons. The molecule has 0 saturated carbocycles. The smallest absolute Gasteiger partial charge is 0.242 e. The fourth-order valence-electron chi connectivity index (χ4n) is 3.67. The van der Waals surface area contributed by atoms with Crippen molar-refractivity contribution in [3.63, 3.8) is 0 Å². The van der Waals surface area contributed by atoms with Gasteiger partial charge in [-0.25, -0.2) is 0 Å². The van der Waals surface area contributed by atoms with Crippen molar-refractivity contribution in [1.29, 1.82) is 0 Å². The van der Waals surface area contributed by atoms with Gasteiger partial charge in [0.1, 0.15) is 18.1 Å². The second-order valence-electron chi connectivity index (χ2n) is 10.1. The van der Waals surface area contributed by atoms with E-state index in [2.05, 4.69) is 35.1 Å². The normalized spacial score (nSPS) is 13.6. The fourth-order valence-corrected chi connectivity index (χ4v) is 3.67. The van der Waals surface area contributed by atoms with E-state index < -0.39 is 24.0 Å². The van der Waals surface area contributed by atoms with Gasteiger partial charge in [0.05, 0.1) is 0 Å². The molecule has 2 aromatic carbocycles. The molecule has 0 bridgehead atoms. The van der Waals surface area contributed by atoms with Gasteiger partial charge in [0.2, 0.25) is 17.7 Å². The summed E-state index contributed by atoms with van der Waals surface area (Å²) in [7, 11) is 0. The number of nitrogens with one attached hydrogen (secondary N) is 4. The van der Waals surface area contributed by atoms with Crippen LogP contribution in [0, 0.1) is 11.8 Å². The molecular formula is C29H42N4O3. The van der Waals surface area contributed by atoms with Gasteiger partial charge in [0, 0.05) is 13.0 Å². The molecule has 0 saturated heterocycles. The van der Waals surface area contributed by atoms with Crippen LogP contribution in [0.5, 0.6) is 0 Å². The van der Waals surface area contributed by atoms with E-state index in [1.54, 1.807) is 6.92 Å². The zero-order chi connectivity index (χ0) is 26.5. The molecule has 0 aromatic heterocycles. The standard InChI is InChI=1S/C29H42N4O3/c1-20(2)16-17-30-26(24-14-10-7-11-15-24)29(36)32-22(5)27(34)33-25(28(35)31-19-21(3)4)18-23-12-8-6-9-13-23/h6-15,20-22,25-26,30H,16-19H2,1-5H3,(H,31,35)(H,32,36)(H,33,34)/t22-,25-,26-/m0/s1. The Balaban J connectivity index is 2.07. The molecule has 0 heterocycles. The zero-order valence-corrected chi connectivity index (χ0v) is 22.2. The Labute approximate surface area is 215 Å². The number of hydrogen-bond donors (Lipinski definition) is 4. The van der Waals surface area contributed by atoms with Crippen molar-refractivity contribution in [3.8, 4) is 0 Å². The molecule has 7 nitrogen and oxygen atoms in total. The van der Waals surface area contributed by atoms with E-state index in [-0.39, 0.29) is 11.8 Å². The van der Waals surface area contributed by atoms with Crippen molar-refractivity contribution in [1.82, 2.24) is 21.3 Å². The second kappa shape index (κ2) is 15.0. The van der Waals surface area contributed by atoms with Crippen LogP contribution in [0.1, 0.15) is 58.2 Å². The number of hydrogen-bond acceptors (Lipinski definition) is 4. The molecule has 0 aliphatic heterocycles. The van der Waals surface area contributed by atoms with Crippen LogP contribution in [0.3, 0.4) is 0 Å². The summed E-state index contributed by atoms with van der Waals surface area (Å²) in [5, 5.41) is 11.9. The lowest BCUT2D eigenvalue weighted by Gasteiger charge is -2.24. The third kappa shape index (κ3) is 10.2. The highest BCUT2D eigenvalue weighted by atomic mass is 16.2. The van der Waals surface area contributed by atoms with E-state index >= 15 is 0 Å². The highest BCUT2D eigenvalue weighted by molar-refractivity contribution is 5.93. The molecular weight excluding hydrogens is 452 g/mol. The minimum Gasteiger partial charge on any atom is -0.354 e. The zero-order valence-electron chi connectivity index (χ0n) is 22.2. The van der Waals surface area contributed by atoms with Crippen molar-refractivity contribution >= 4 is 17.7 Å². The van der Waals surface area contributed by atoms with Crippen LogP contribution in [0.4, 0.5) is 0 Å². The summed E-state index contributed by atoms with van der Waals surface area (Å²) >= 11 is 0. The Kier molecular flexibility index (Phi) is 12.1. The second-order valence-corrected chi connectivity index (χ2v) is 10.1. The highest BCUT2D eigenvalue weighted by Gasteiger charge is 2.27. The maximum absolute atomic E-state index is 13.2. The average molecular weight is 495 g/mol. The van der Waals surface area contributed by atoms with E-state index in [1.807, 2.05) is 74.5 Å². The van der Waals surface area contributed by atoms with Gasteiger partial charge >= 0.3 is 0 Å². The first-order valence-corrected chi connectivity index (χ1v) is 12.9. The van der Waals surface area contributed by atoms with Crippen molar-refractivity contribution < 1.29 is 14.4 Å². The highest BCUT2D eigenvalue weighted by Crippen LogP contribution is 2.14. The molecule has 4 N–H and O–H groups in total. The minimum atomic E-state index is -0.813. The monoisotopic (exact) mass is 494 g/mol. The molecule has 2 aromatic rings. The maximum Gasteiger partial charge on any atom is 0.242 e. The quantitative estimate of drug-likeness (QED) is 0.324. The first-order chi connectivity index (χ1) is 17.2. The van der Waals surface area contributed by atoms with E-state index in [9.17, 15) is 14.4 Å². The predicted molar refractivity (Wildman–Crippen MR) is 144 cm³/mol. The van der Waals surface area contributed by atoms with Gasteiger partial charge in [-0.05, 0) is 42.9 Å².